The zero-order chi connectivity index (χ0) is 22.4. The van der Waals surface area contributed by atoms with Gasteiger partial charge in [0.15, 0.2) is 0 Å². The number of benzene rings is 2. The van der Waals surface area contributed by atoms with Crippen LogP contribution in [0.4, 0.5) is 17.2 Å². The van der Waals surface area contributed by atoms with Gasteiger partial charge in [-0.05, 0) is 30.3 Å². The van der Waals surface area contributed by atoms with Crippen LogP contribution in [0.15, 0.2) is 54.9 Å². The van der Waals surface area contributed by atoms with Crippen LogP contribution in [0.1, 0.15) is 10.4 Å². The summed E-state index contributed by atoms with van der Waals surface area (Å²) in [7, 11) is 1.49. The van der Waals surface area contributed by atoms with Crippen LogP contribution in [0.3, 0.4) is 0 Å². The lowest BCUT2D eigenvalue weighted by atomic mass is 10.2. The number of carbonyl (C=O) groups excluding carboxylic acids is 1. The Balaban J connectivity index is 1.83. The number of aromatic nitrogens is 2. The van der Waals surface area contributed by atoms with Gasteiger partial charge in [-0.2, -0.15) is 4.98 Å². The van der Waals surface area contributed by atoms with Gasteiger partial charge in [-0.3, -0.25) is 35.9 Å². The van der Waals surface area contributed by atoms with Crippen LogP contribution in [0.2, 0.25) is 0 Å². The minimum atomic E-state index is -0.891. The van der Waals surface area contributed by atoms with E-state index in [1.165, 1.54) is 37.4 Å². The summed E-state index contributed by atoms with van der Waals surface area (Å²) in [5.74, 6) is -0.844. The smallest absolute Gasteiger partial charge is 0.374 e. The second-order valence-electron chi connectivity index (χ2n) is 5.76. The summed E-state index contributed by atoms with van der Waals surface area (Å²) in [6, 6.07) is 11.5. The molecule has 2 aromatic carbocycles. The molecule has 0 saturated carbocycles. The highest BCUT2D eigenvalue weighted by Gasteiger charge is 2.26. The third-order valence-corrected chi connectivity index (χ3v) is 3.89. The molecule has 3 rings (SSSR count). The van der Waals surface area contributed by atoms with Crippen LogP contribution in [0, 0.1) is 20.2 Å². The number of ether oxygens (including phenoxy) is 2. The third kappa shape index (κ3) is 4.79. The number of amides is 1. The lowest BCUT2D eigenvalue weighted by Crippen LogP contribution is -2.30. The summed E-state index contributed by atoms with van der Waals surface area (Å²) in [4.78, 5) is 41.0. The van der Waals surface area contributed by atoms with Crippen molar-refractivity contribution >= 4 is 23.1 Å². The summed E-state index contributed by atoms with van der Waals surface area (Å²) in [5.41, 5.74) is 3.12. The molecule has 0 fully saturated rings. The SMILES string of the molecule is COc1ccc(Oc2ncnc(NNC(=O)c3ccccc3[N+](=O)[O-])c2[N+](=O)[O-])cc1. The van der Waals surface area contributed by atoms with E-state index < -0.39 is 27.1 Å². The van der Waals surface area contributed by atoms with Crippen molar-refractivity contribution in [3.8, 4) is 17.4 Å². The van der Waals surface area contributed by atoms with Gasteiger partial charge in [0, 0.05) is 6.07 Å². The van der Waals surface area contributed by atoms with Gasteiger partial charge in [-0.25, -0.2) is 4.98 Å². The first-order valence-corrected chi connectivity index (χ1v) is 8.51. The number of para-hydroxylation sites is 1. The van der Waals surface area contributed by atoms with Gasteiger partial charge in [-0.15, -0.1) is 0 Å². The minimum Gasteiger partial charge on any atom is -0.497 e. The predicted molar refractivity (Wildman–Crippen MR) is 106 cm³/mol. The highest BCUT2D eigenvalue weighted by molar-refractivity contribution is 5.98. The largest absolute Gasteiger partial charge is 0.497 e. The van der Waals surface area contributed by atoms with Crippen molar-refractivity contribution in [3.05, 3.63) is 80.7 Å². The Kier molecular flexibility index (Phi) is 6.16. The van der Waals surface area contributed by atoms with Gasteiger partial charge in [0.25, 0.3) is 11.6 Å². The van der Waals surface area contributed by atoms with Gasteiger partial charge < -0.3 is 9.47 Å². The molecule has 0 bridgehead atoms. The average molecular weight is 426 g/mol. The summed E-state index contributed by atoms with van der Waals surface area (Å²) in [5, 5.41) is 22.6. The van der Waals surface area contributed by atoms with E-state index in [2.05, 4.69) is 20.8 Å². The van der Waals surface area contributed by atoms with Gasteiger partial charge >= 0.3 is 11.6 Å². The molecule has 0 aliphatic heterocycles. The van der Waals surface area contributed by atoms with E-state index in [-0.39, 0.29) is 23.0 Å². The van der Waals surface area contributed by atoms with Crippen molar-refractivity contribution in [3.63, 3.8) is 0 Å². The van der Waals surface area contributed by atoms with Gasteiger partial charge in [0.05, 0.1) is 17.0 Å². The Morgan fingerprint density at radius 1 is 0.968 bits per heavy atom. The Morgan fingerprint density at radius 2 is 1.65 bits per heavy atom. The lowest BCUT2D eigenvalue weighted by molar-refractivity contribution is -0.385. The van der Waals surface area contributed by atoms with Crippen LogP contribution in [-0.4, -0.2) is 32.8 Å². The summed E-state index contributed by atoms with van der Waals surface area (Å²) in [6.07, 6.45) is 0.991. The number of rotatable bonds is 8. The highest BCUT2D eigenvalue weighted by Crippen LogP contribution is 2.34. The first-order valence-electron chi connectivity index (χ1n) is 8.51. The molecule has 0 unspecified atom stereocenters. The van der Waals surface area contributed by atoms with Crippen LogP contribution >= 0.6 is 0 Å². The highest BCUT2D eigenvalue weighted by atomic mass is 16.6. The molecule has 31 heavy (non-hydrogen) atoms. The second-order valence-corrected chi connectivity index (χ2v) is 5.76. The molecule has 3 aromatic rings. The molecule has 0 aliphatic rings. The number of nitrogens with zero attached hydrogens (tertiary/aromatic N) is 4. The number of nitrogens with one attached hydrogen (secondary N) is 2. The van der Waals surface area contributed by atoms with E-state index in [0.29, 0.717) is 5.75 Å². The Labute approximate surface area is 173 Å². The van der Waals surface area contributed by atoms with Crippen molar-refractivity contribution in [2.75, 3.05) is 12.5 Å². The summed E-state index contributed by atoms with van der Waals surface area (Å²) >= 11 is 0. The molecule has 158 valence electrons. The monoisotopic (exact) mass is 426 g/mol. The number of hydrogen-bond acceptors (Lipinski definition) is 10. The van der Waals surface area contributed by atoms with E-state index in [1.54, 1.807) is 12.1 Å². The third-order valence-electron chi connectivity index (χ3n) is 3.89. The van der Waals surface area contributed by atoms with Crippen LogP contribution in [-0.2, 0) is 0 Å². The Morgan fingerprint density at radius 3 is 2.29 bits per heavy atom. The van der Waals surface area contributed by atoms with Crippen molar-refractivity contribution in [2.24, 2.45) is 0 Å². The van der Waals surface area contributed by atoms with E-state index in [1.807, 2.05) is 0 Å². The fourth-order valence-electron chi connectivity index (χ4n) is 2.46. The number of anilines is 1. The van der Waals surface area contributed by atoms with Crippen LogP contribution < -0.4 is 20.3 Å². The normalized spacial score (nSPS) is 10.1. The maximum atomic E-state index is 12.3. The Hall–Kier alpha value is -4.81. The number of hydrogen-bond donors (Lipinski definition) is 2. The van der Waals surface area contributed by atoms with E-state index in [4.69, 9.17) is 9.47 Å². The number of hydrazine groups is 1. The van der Waals surface area contributed by atoms with Crippen LogP contribution in [0.5, 0.6) is 17.4 Å². The molecule has 1 aromatic heterocycles. The maximum absolute atomic E-state index is 12.3. The maximum Gasteiger partial charge on any atom is 0.374 e. The van der Waals surface area contributed by atoms with E-state index in [9.17, 15) is 25.0 Å². The van der Waals surface area contributed by atoms with Crippen molar-refractivity contribution in [1.82, 2.24) is 15.4 Å². The Bertz CT molecular complexity index is 1140. The zero-order valence-electron chi connectivity index (χ0n) is 15.8. The van der Waals surface area contributed by atoms with Crippen molar-refractivity contribution in [2.45, 2.75) is 0 Å². The van der Waals surface area contributed by atoms with Crippen molar-refractivity contribution in [1.29, 1.82) is 0 Å². The molecule has 13 nitrogen and oxygen atoms in total. The topological polar surface area (TPSA) is 172 Å². The number of methoxy groups -OCH3 is 1. The molecule has 1 amide bonds. The molecule has 0 spiro atoms. The molecule has 13 heteroatoms. The van der Waals surface area contributed by atoms with Crippen molar-refractivity contribution < 1.29 is 24.1 Å². The standard InChI is InChI=1S/C18H14N6O7/c1-30-11-6-8-12(9-7-11)31-18-15(24(28)29)16(19-10-20-18)21-22-17(25)13-4-2-3-5-14(13)23(26)27/h2-10H,1H3,(H,22,25)(H,19,20,21). The fourth-order valence-corrected chi connectivity index (χ4v) is 2.46. The molecule has 0 atom stereocenters. The van der Waals surface area contributed by atoms with Gasteiger partial charge in [-0.1, -0.05) is 12.1 Å². The first-order chi connectivity index (χ1) is 14.9. The zero-order valence-corrected chi connectivity index (χ0v) is 15.8. The van der Waals surface area contributed by atoms with E-state index >= 15 is 0 Å². The average Bonchev–Trinajstić information content (AvgIpc) is 2.77. The number of carbonyl (C=O) groups is 1. The number of nitro groups is 2. The lowest BCUT2D eigenvalue weighted by Gasteiger charge is -2.10. The summed E-state index contributed by atoms with van der Waals surface area (Å²) < 4.78 is 10.5. The predicted octanol–water partition coefficient (Wildman–Crippen LogP) is 2.85. The molecular formula is C18H14N6O7. The van der Waals surface area contributed by atoms with Crippen LogP contribution in [0.25, 0.3) is 0 Å². The van der Waals surface area contributed by atoms with E-state index in [0.717, 1.165) is 12.4 Å². The fraction of sp³-hybridized carbons (Fsp3) is 0.0556. The molecular weight excluding hydrogens is 412 g/mol. The molecule has 0 aliphatic carbocycles. The quantitative estimate of drug-likeness (QED) is 0.403. The molecule has 1 heterocycles. The molecule has 0 radical (unpaired) electrons. The molecule has 0 saturated heterocycles. The second kappa shape index (κ2) is 9.13. The van der Waals surface area contributed by atoms with Gasteiger partial charge in [0.2, 0.25) is 5.82 Å². The molecule has 2 N–H and O–H groups in total. The minimum absolute atomic E-state index is 0.244. The summed E-state index contributed by atoms with van der Waals surface area (Å²) in [6.45, 7) is 0. The number of nitro benzene ring substituents is 1. The first kappa shape index (κ1) is 20.9. The van der Waals surface area contributed by atoms with Gasteiger partial charge in [0.1, 0.15) is 23.4 Å².